The predicted octanol–water partition coefficient (Wildman–Crippen LogP) is 1.65. The molecule has 0 bridgehead atoms. The lowest BCUT2D eigenvalue weighted by Gasteiger charge is -2.12. The van der Waals surface area contributed by atoms with Crippen molar-refractivity contribution >= 4 is 11.8 Å². The van der Waals surface area contributed by atoms with Crippen LogP contribution < -0.4 is 10.6 Å². The summed E-state index contributed by atoms with van der Waals surface area (Å²) in [6.45, 7) is 0. The van der Waals surface area contributed by atoms with Gasteiger partial charge in [-0.05, 0) is 37.8 Å². The molecule has 2 saturated carbocycles. The fourth-order valence-corrected chi connectivity index (χ4v) is 2.52. The van der Waals surface area contributed by atoms with E-state index in [-0.39, 0.29) is 17.9 Å². The average Bonchev–Trinajstić information content (AvgIpc) is 3.12. The third kappa shape index (κ3) is 3.15. The van der Waals surface area contributed by atoms with Crippen molar-refractivity contribution in [1.29, 1.82) is 0 Å². The number of rotatable bonds is 4. The van der Waals surface area contributed by atoms with Gasteiger partial charge in [0.25, 0.3) is 11.8 Å². The molecule has 20 heavy (non-hydrogen) atoms. The van der Waals surface area contributed by atoms with Crippen molar-refractivity contribution in [2.75, 3.05) is 0 Å². The number of nitrogens with one attached hydrogen (secondary N) is 2. The number of pyridine rings is 1. The lowest BCUT2D eigenvalue weighted by atomic mass is 10.2. The van der Waals surface area contributed by atoms with Crippen LogP contribution in [0.5, 0.6) is 0 Å². The molecule has 1 aromatic heterocycles. The standard InChI is InChI=1S/C15H19N3O2/c19-14(17-11-3-1-2-4-11)10-7-8-16-13(9-10)15(20)18-12-5-6-12/h7-9,11-12H,1-6H2,(H,17,19)(H,18,20). The van der Waals surface area contributed by atoms with Gasteiger partial charge in [0, 0.05) is 23.8 Å². The first-order chi connectivity index (χ1) is 9.72. The molecule has 1 heterocycles. The van der Waals surface area contributed by atoms with Crippen LogP contribution in [-0.2, 0) is 0 Å². The third-order valence-electron chi connectivity index (χ3n) is 3.86. The van der Waals surface area contributed by atoms with Crippen molar-refractivity contribution in [3.8, 4) is 0 Å². The predicted molar refractivity (Wildman–Crippen MR) is 74.4 cm³/mol. The van der Waals surface area contributed by atoms with Gasteiger partial charge in [-0.1, -0.05) is 12.8 Å². The number of carbonyl (C=O) groups excluding carboxylic acids is 2. The molecule has 5 nitrogen and oxygen atoms in total. The SMILES string of the molecule is O=C(NC1CCCC1)c1ccnc(C(=O)NC2CC2)c1. The molecule has 2 fully saturated rings. The molecule has 2 N–H and O–H groups in total. The number of hydrogen-bond donors (Lipinski definition) is 2. The van der Waals surface area contributed by atoms with Crippen LogP contribution in [0.1, 0.15) is 59.4 Å². The summed E-state index contributed by atoms with van der Waals surface area (Å²) in [5.41, 5.74) is 0.823. The summed E-state index contributed by atoms with van der Waals surface area (Å²) in [5.74, 6) is -0.303. The quantitative estimate of drug-likeness (QED) is 0.876. The molecule has 2 aliphatic rings. The average molecular weight is 273 g/mol. The highest BCUT2D eigenvalue weighted by atomic mass is 16.2. The summed E-state index contributed by atoms with van der Waals surface area (Å²) in [6.07, 6.45) is 8.04. The van der Waals surface area contributed by atoms with Gasteiger partial charge in [-0.3, -0.25) is 14.6 Å². The van der Waals surface area contributed by atoms with Crippen LogP contribution in [0.25, 0.3) is 0 Å². The Hall–Kier alpha value is -1.91. The van der Waals surface area contributed by atoms with E-state index in [0.29, 0.717) is 17.3 Å². The summed E-state index contributed by atoms with van der Waals surface area (Å²) >= 11 is 0. The van der Waals surface area contributed by atoms with E-state index in [1.54, 1.807) is 12.1 Å². The summed E-state index contributed by atoms with van der Waals surface area (Å²) in [6, 6.07) is 3.79. The van der Waals surface area contributed by atoms with E-state index in [0.717, 1.165) is 25.7 Å². The minimum absolute atomic E-state index is 0.111. The van der Waals surface area contributed by atoms with Gasteiger partial charge in [0.1, 0.15) is 5.69 Å². The molecule has 5 heteroatoms. The topological polar surface area (TPSA) is 71.1 Å². The lowest BCUT2D eigenvalue weighted by Crippen LogP contribution is -2.33. The molecule has 2 aliphatic carbocycles. The Morgan fingerprint density at radius 3 is 2.35 bits per heavy atom. The molecule has 0 radical (unpaired) electrons. The largest absolute Gasteiger partial charge is 0.349 e. The number of amides is 2. The van der Waals surface area contributed by atoms with E-state index >= 15 is 0 Å². The molecule has 0 saturated heterocycles. The van der Waals surface area contributed by atoms with Gasteiger partial charge < -0.3 is 10.6 Å². The van der Waals surface area contributed by atoms with E-state index in [4.69, 9.17) is 0 Å². The maximum absolute atomic E-state index is 12.1. The third-order valence-corrected chi connectivity index (χ3v) is 3.86. The number of aromatic nitrogens is 1. The first-order valence-electron chi connectivity index (χ1n) is 7.30. The zero-order valence-corrected chi connectivity index (χ0v) is 11.4. The summed E-state index contributed by atoms with van der Waals surface area (Å²) in [7, 11) is 0. The number of nitrogens with zero attached hydrogens (tertiary/aromatic N) is 1. The monoisotopic (exact) mass is 273 g/mol. The highest BCUT2D eigenvalue weighted by Crippen LogP contribution is 2.20. The van der Waals surface area contributed by atoms with Crippen LogP contribution in [0, 0.1) is 0 Å². The minimum Gasteiger partial charge on any atom is -0.349 e. The van der Waals surface area contributed by atoms with Gasteiger partial charge in [-0.25, -0.2) is 0 Å². The van der Waals surface area contributed by atoms with Crippen molar-refractivity contribution in [3.05, 3.63) is 29.6 Å². The van der Waals surface area contributed by atoms with Crippen molar-refractivity contribution < 1.29 is 9.59 Å². The Bertz CT molecular complexity index is 520. The Morgan fingerprint density at radius 2 is 1.65 bits per heavy atom. The Morgan fingerprint density at radius 1 is 1.00 bits per heavy atom. The molecular formula is C15H19N3O2. The molecule has 1 aromatic rings. The molecule has 106 valence electrons. The first-order valence-corrected chi connectivity index (χ1v) is 7.30. The van der Waals surface area contributed by atoms with E-state index in [1.165, 1.54) is 19.0 Å². The van der Waals surface area contributed by atoms with Crippen molar-refractivity contribution in [3.63, 3.8) is 0 Å². The summed E-state index contributed by atoms with van der Waals surface area (Å²) < 4.78 is 0. The van der Waals surface area contributed by atoms with Crippen LogP contribution in [0.3, 0.4) is 0 Å². The van der Waals surface area contributed by atoms with Crippen molar-refractivity contribution in [2.45, 2.75) is 50.6 Å². The summed E-state index contributed by atoms with van der Waals surface area (Å²) in [4.78, 5) is 28.1. The molecule has 0 atom stereocenters. The molecule has 0 unspecified atom stereocenters. The maximum Gasteiger partial charge on any atom is 0.270 e. The fraction of sp³-hybridized carbons (Fsp3) is 0.533. The number of carbonyl (C=O) groups is 2. The molecule has 0 aromatic carbocycles. The van der Waals surface area contributed by atoms with Crippen LogP contribution in [-0.4, -0.2) is 28.9 Å². The van der Waals surface area contributed by atoms with E-state index in [9.17, 15) is 9.59 Å². The zero-order chi connectivity index (χ0) is 13.9. The first kappa shape index (κ1) is 13.1. The van der Waals surface area contributed by atoms with E-state index < -0.39 is 0 Å². The minimum atomic E-state index is -0.192. The fourth-order valence-electron chi connectivity index (χ4n) is 2.52. The van der Waals surface area contributed by atoms with Crippen LogP contribution in [0.2, 0.25) is 0 Å². The van der Waals surface area contributed by atoms with Crippen molar-refractivity contribution in [1.82, 2.24) is 15.6 Å². The van der Waals surface area contributed by atoms with Gasteiger partial charge in [0.15, 0.2) is 0 Å². The van der Waals surface area contributed by atoms with Crippen LogP contribution >= 0.6 is 0 Å². The zero-order valence-electron chi connectivity index (χ0n) is 11.4. The Balaban J connectivity index is 1.66. The van der Waals surface area contributed by atoms with Crippen LogP contribution in [0.15, 0.2) is 18.3 Å². The highest BCUT2D eigenvalue weighted by Gasteiger charge is 2.25. The number of hydrogen-bond acceptors (Lipinski definition) is 3. The van der Waals surface area contributed by atoms with Crippen LogP contribution in [0.4, 0.5) is 0 Å². The Labute approximate surface area is 118 Å². The van der Waals surface area contributed by atoms with Gasteiger partial charge in [-0.15, -0.1) is 0 Å². The van der Waals surface area contributed by atoms with Crippen molar-refractivity contribution in [2.24, 2.45) is 0 Å². The van der Waals surface area contributed by atoms with Gasteiger partial charge in [-0.2, -0.15) is 0 Å². The lowest BCUT2D eigenvalue weighted by molar-refractivity contribution is 0.0937. The normalized spacial score (nSPS) is 18.8. The second kappa shape index (κ2) is 5.61. The molecule has 2 amide bonds. The Kier molecular flexibility index (Phi) is 3.67. The molecular weight excluding hydrogens is 254 g/mol. The molecule has 0 aliphatic heterocycles. The molecule has 3 rings (SSSR count). The smallest absolute Gasteiger partial charge is 0.270 e. The second-order valence-electron chi connectivity index (χ2n) is 5.63. The van der Waals surface area contributed by atoms with E-state index in [2.05, 4.69) is 15.6 Å². The van der Waals surface area contributed by atoms with E-state index in [1.807, 2.05) is 0 Å². The maximum atomic E-state index is 12.1. The van der Waals surface area contributed by atoms with Gasteiger partial charge >= 0.3 is 0 Å². The summed E-state index contributed by atoms with van der Waals surface area (Å²) in [5, 5.41) is 5.89. The second-order valence-corrected chi connectivity index (χ2v) is 5.63. The highest BCUT2D eigenvalue weighted by molar-refractivity contribution is 5.98. The van der Waals surface area contributed by atoms with Gasteiger partial charge in [0.2, 0.25) is 0 Å². The molecule has 0 spiro atoms. The van der Waals surface area contributed by atoms with Gasteiger partial charge in [0.05, 0.1) is 0 Å².